The van der Waals surface area contributed by atoms with Crippen LogP contribution < -0.4 is 5.32 Å². The molecule has 0 radical (unpaired) electrons. The van der Waals surface area contributed by atoms with Crippen molar-refractivity contribution in [1.29, 1.82) is 0 Å². The molecule has 1 aliphatic rings. The van der Waals surface area contributed by atoms with Crippen molar-refractivity contribution in [3.63, 3.8) is 0 Å². The average Bonchev–Trinajstić information content (AvgIpc) is 2.64. The molecule has 0 saturated carbocycles. The predicted molar refractivity (Wildman–Crippen MR) is 102 cm³/mol. The summed E-state index contributed by atoms with van der Waals surface area (Å²) >= 11 is 0. The zero-order valence-corrected chi connectivity index (χ0v) is 15.2. The van der Waals surface area contributed by atoms with E-state index < -0.39 is 0 Å². The first-order chi connectivity index (χ1) is 11.8. The molecule has 1 unspecified atom stereocenters. The highest BCUT2D eigenvalue weighted by atomic mass is 16.5. The first-order valence-electron chi connectivity index (χ1n) is 9.16. The number of ether oxygens (including phenoxy) is 1. The third-order valence-electron chi connectivity index (χ3n) is 4.62. The summed E-state index contributed by atoms with van der Waals surface area (Å²) in [6.07, 6.45) is 7.60. The van der Waals surface area contributed by atoms with Crippen LogP contribution in [-0.4, -0.2) is 50.8 Å². The number of nitrogens with one attached hydrogen (secondary N) is 1. The van der Waals surface area contributed by atoms with Crippen LogP contribution >= 0.6 is 0 Å². The Morgan fingerprint density at radius 2 is 1.96 bits per heavy atom. The summed E-state index contributed by atoms with van der Waals surface area (Å²) in [6.45, 7) is 11.4. The van der Waals surface area contributed by atoms with E-state index in [1.165, 1.54) is 11.1 Å². The monoisotopic (exact) mass is 328 g/mol. The lowest BCUT2D eigenvalue weighted by Crippen LogP contribution is -2.40. The van der Waals surface area contributed by atoms with Crippen LogP contribution in [0.3, 0.4) is 0 Å². The van der Waals surface area contributed by atoms with Crippen molar-refractivity contribution in [3.8, 4) is 0 Å². The van der Waals surface area contributed by atoms with E-state index in [-0.39, 0.29) is 0 Å². The van der Waals surface area contributed by atoms with Crippen molar-refractivity contribution >= 4 is 0 Å². The van der Waals surface area contributed by atoms with Crippen molar-refractivity contribution in [3.05, 3.63) is 59.7 Å². The lowest BCUT2D eigenvalue weighted by atomic mass is 9.89. The normalized spacial score (nSPS) is 18.2. The van der Waals surface area contributed by atoms with Gasteiger partial charge in [-0.1, -0.05) is 54.1 Å². The molecule has 1 saturated heterocycles. The molecule has 3 heteroatoms. The van der Waals surface area contributed by atoms with E-state index in [1.807, 2.05) is 0 Å². The minimum atomic E-state index is 0.485. The molecular formula is C21H32N2O. The Morgan fingerprint density at radius 3 is 2.67 bits per heavy atom. The highest BCUT2D eigenvalue weighted by Gasteiger charge is 2.13. The third-order valence-corrected chi connectivity index (χ3v) is 4.62. The molecule has 0 aromatic heterocycles. The third kappa shape index (κ3) is 6.60. The van der Waals surface area contributed by atoms with Crippen LogP contribution in [0.1, 0.15) is 31.7 Å². The van der Waals surface area contributed by atoms with Crippen molar-refractivity contribution in [2.75, 3.05) is 45.9 Å². The molecule has 1 aromatic carbocycles. The highest BCUT2D eigenvalue weighted by molar-refractivity contribution is 5.29. The molecule has 1 aliphatic heterocycles. The minimum Gasteiger partial charge on any atom is -0.379 e. The Kier molecular flexibility index (Phi) is 8.82. The van der Waals surface area contributed by atoms with E-state index in [0.29, 0.717) is 5.92 Å². The molecule has 1 aromatic rings. The van der Waals surface area contributed by atoms with Gasteiger partial charge >= 0.3 is 0 Å². The van der Waals surface area contributed by atoms with Crippen molar-refractivity contribution in [2.45, 2.75) is 26.2 Å². The molecule has 0 aliphatic carbocycles. The molecule has 0 bridgehead atoms. The second kappa shape index (κ2) is 11.2. The molecule has 1 fully saturated rings. The highest BCUT2D eigenvalue weighted by Crippen LogP contribution is 2.27. The van der Waals surface area contributed by atoms with Crippen LogP contribution in [0.2, 0.25) is 0 Å². The standard InChI is InChI=1S/C21H32N2O/c1-3-4-8-19(2)21(20-9-6-5-7-10-20)11-12-22-13-14-23-15-17-24-18-16-23/h3-10,21-22H,11-18H2,1-2H3/b4-3-,19-8+. The number of hydrogen-bond donors (Lipinski definition) is 1. The number of rotatable bonds is 9. The number of hydrogen-bond acceptors (Lipinski definition) is 3. The van der Waals surface area contributed by atoms with Gasteiger partial charge < -0.3 is 10.1 Å². The minimum absolute atomic E-state index is 0.485. The van der Waals surface area contributed by atoms with Crippen molar-refractivity contribution in [1.82, 2.24) is 10.2 Å². The summed E-state index contributed by atoms with van der Waals surface area (Å²) in [6, 6.07) is 10.8. The summed E-state index contributed by atoms with van der Waals surface area (Å²) < 4.78 is 5.39. The van der Waals surface area contributed by atoms with Gasteiger partial charge in [0.2, 0.25) is 0 Å². The van der Waals surface area contributed by atoms with E-state index in [9.17, 15) is 0 Å². The van der Waals surface area contributed by atoms with Crippen LogP contribution in [-0.2, 0) is 4.74 Å². The van der Waals surface area contributed by atoms with Gasteiger partial charge in [0.1, 0.15) is 0 Å². The van der Waals surface area contributed by atoms with E-state index in [1.54, 1.807) is 0 Å². The van der Waals surface area contributed by atoms with E-state index in [0.717, 1.165) is 52.4 Å². The molecule has 1 heterocycles. The predicted octanol–water partition coefficient (Wildman–Crippen LogP) is 3.60. The zero-order chi connectivity index (χ0) is 17.0. The van der Waals surface area contributed by atoms with Gasteiger partial charge in [-0.25, -0.2) is 0 Å². The van der Waals surface area contributed by atoms with Crippen LogP contribution in [0.4, 0.5) is 0 Å². The van der Waals surface area contributed by atoms with Gasteiger partial charge in [0.25, 0.3) is 0 Å². The second-order valence-electron chi connectivity index (χ2n) is 6.39. The number of morpholine rings is 1. The molecule has 1 N–H and O–H groups in total. The number of allylic oxidation sites excluding steroid dienone is 4. The quantitative estimate of drug-likeness (QED) is 0.554. The first-order valence-corrected chi connectivity index (χ1v) is 9.16. The van der Waals surface area contributed by atoms with Crippen molar-refractivity contribution < 1.29 is 4.74 Å². The molecule has 0 amide bonds. The zero-order valence-electron chi connectivity index (χ0n) is 15.2. The summed E-state index contributed by atoms with van der Waals surface area (Å²) in [5.41, 5.74) is 2.83. The maximum absolute atomic E-state index is 5.39. The van der Waals surface area contributed by atoms with Crippen LogP contribution in [0, 0.1) is 0 Å². The Labute approximate surface area is 147 Å². The Morgan fingerprint density at radius 1 is 1.21 bits per heavy atom. The van der Waals surface area contributed by atoms with E-state index >= 15 is 0 Å². The fraction of sp³-hybridized carbons (Fsp3) is 0.524. The lowest BCUT2D eigenvalue weighted by molar-refractivity contribution is 0.0384. The van der Waals surface area contributed by atoms with Gasteiger partial charge in [-0.15, -0.1) is 0 Å². The van der Waals surface area contributed by atoms with Gasteiger partial charge in [-0.2, -0.15) is 0 Å². The molecular weight excluding hydrogens is 296 g/mol. The number of benzene rings is 1. The van der Waals surface area contributed by atoms with E-state index in [2.05, 4.69) is 72.6 Å². The van der Waals surface area contributed by atoms with Crippen molar-refractivity contribution in [2.24, 2.45) is 0 Å². The fourth-order valence-electron chi connectivity index (χ4n) is 3.14. The smallest absolute Gasteiger partial charge is 0.0594 e. The molecule has 1 atom stereocenters. The number of nitrogens with zero attached hydrogens (tertiary/aromatic N) is 1. The van der Waals surface area contributed by atoms with Gasteiger partial charge in [-0.05, 0) is 32.4 Å². The van der Waals surface area contributed by atoms with Crippen LogP contribution in [0.15, 0.2) is 54.1 Å². The SMILES string of the molecule is C/C=C\C=C(/C)C(CCNCCN1CCOCC1)c1ccccc1. The summed E-state index contributed by atoms with van der Waals surface area (Å²) in [5.74, 6) is 0.485. The summed E-state index contributed by atoms with van der Waals surface area (Å²) in [4.78, 5) is 2.47. The molecule has 3 nitrogen and oxygen atoms in total. The summed E-state index contributed by atoms with van der Waals surface area (Å²) in [7, 11) is 0. The van der Waals surface area contributed by atoms with Gasteiger partial charge in [0.05, 0.1) is 13.2 Å². The van der Waals surface area contributed by atoms with Gasteiger partial charge in [-0.3, -0.25) is 4.90 Å². The maximum atomic E-state index is 5.39. The van der Waals surface area contributed by atoms with Gasteiger partial charge in [0, 0.05) is 32.1 Å². The molecule has 24 heavy (non-hydrogen) atoms. The fourth-order valence-corrected chi connectivity index (χ4v) is 3.14. The Bertz CT molecular complexity index is 504. The molecule has 2 rings (SSSR count). The maximum Gasteiger partial charge on any atom is 0.0594 e. The van der Waals surface area contributed by atoms with Crippen LogP contribution in [0.5, 0.6) is 0 Å². The summed E-state index contributed by atoms with van der Waals surface area (Å²) in [5, 5.41) is 3.62. The largest absolute Gasteiger partial charge is 0.379 e. The lowest BCUT2D eigenvalue weighted by Gasteiger charge is -2.26. The van der Waals surface area contributed by atoms with Crippen LogP contribution in [0.25, 0.3) is 0 Å². The molecule has 0 spiro atoms. The Hall–Kier alpha value is -1.42. The second-order valence-corrected chi connectivity index (χ2v) is 6.39. The topological polar surface area (TPSA) is 24.5 Å². The average molecular weight is 328 g/mol. The first kappa shape index (κ1) is 18.9. The Balaban J connectivity index is 1.80. The molecule has 132 valence electrons. The van der Waals surface area contributed by atoms with Gasteiger partial charge in [0.15, 0.2) is 0 Å². The van der Waals surface area contributed by atoms with E-state index in [4.69, 9.17) is 4.74 Å².